The zero-order chi connectivity index (χ0) is 13.7. The first-order chi connectivity index (χ1) is 9.13. The first-order valence-corrected chi connectivity index (χ1v) is 7.53. The molecule has 2 nitrogen and oxygen atoms in total. The number of halogens is 1. The van der Waals surface area contributed by atoms with Crippen molar-refractivity contribution in [2.24, 2.45) is 5.92 Å². The summed E-state index contributed by atoms with van der Waals surface area (Å²) in [6.45, 7) is 2.85. The minimum Gasteiger partial charge on any atom is -0.356 e. The molecule has 0 radical (unpaired) electrons. The van der Waals surface area contributed by atoms with Gasteiger partial charge in [0.2, 0.25) is 5.91 Å². The van der Waals surface area contributed by atoms with Gasteiger partial charge in [-0.3, -0.25) is 4.79 Å². The Hall–Kier alpha value is -1.02. The first kappa shape index (κ1) is 14.4. The third kappa shape index (κ3) is 4.87. The lowest BCUT2D eigenvalue weighted by molar-refractivity contribution is -0.120. The highest BCUT2D eigenvalue weighted by Gasteiger charge is 2.19. The highest BCUT2D eigenvalue weighted by molar-refractivity contribution is 6.20. The summed E-state index contributed by atoms with van der Waals surface area (Å²) in [6, 6.07) is 8.12. The average molecular weight is 280 g/mol. The zero-order valence-corrected chi connectivity index (χ0v) is 12.2. The average Bonchev–Trinajstić information content (AvgIpc) is 2.38. The Morgan fingerprint density at radius 3 is 2.74 bits per heavy atom. The second-order valence-corrected chi connectivity index (χ2v) is 6.21. The fraction of sp³-hybridized carbons (Fsp3) is 0.562. The van der Waals surface area contributed by atoms with E-state index in [9.17, 15) is 4.79 Å². The van der Waals surface area contributed by atoms with E-state index in [1.165, 1.54) is 5.56 Å². The summed E-state index contributed by atoms with van der Waals surface area (Å²) in [6.07, 6.45) is 4.92. The van der Waals surface area contributed by atoms with Gasteiger partial charge in [0.15, 0.2) is 0 Å². The van der Waals surface area contributed by atoms with Gasteiger partial charge >= 0.3 is 0 Å². The van der Waals surface area contributed by atoms with E-state index in [0.717, 1.165) is 37.8 Å². The van der Waals surface area contributed by atoms with Gasteiger partial charge in [-0.25, -0.2) is 0 Å². The molecule has 1 aromatic carbocycles. The Morgan fingerprint density at radius 2 is 2.05 bits per heavy atom. The van der Waals surface area contributed by atoms with Gasteiger partial charge in [-0.2, -0.15) is 0 Å². The molecule has 1 saturated carbocycles. The molecule has 0 aliphatic heterocycles. The Balaban J connectivity index is 1.73. The minimum atomic E-state index is 0.124. The summed E-state index contributed by atoms with van der Waals surface area (Å²) >= 11 is 6.08. The molecule has 1 N–H and O–H groups in total. The Bertz CT molecular complexity index is 425. The first-order valence-electron chi connectivity index (χ1n) is 7.10. The second kappa shape index (κ2) is 6.95. The van der Waals surface area contributed by atoms with Crippen LogP contribution >= 0.6 is 11.6 Å². The number of carbonyl (C=O) groups is 1. The van der Waals surface area contributed by atoms with Gasteiger partial charge < -0.3 is 5.32 Å². The quantitative estimate of drug-likeness (QED) is 0.841. The van der Waals surface area contributed by atoms with Crippen LogP contribution < -0.4 is 5.32 Å². The molecule has 2 rings (SSSR count). The molecule has 1 amide bonds. The molecule has 1 aliphatic carbocycles. The Kier molecular flexibility index (Phi) is 5.26. The molecule has 0 heterocycles. The molecule has 0 atom stereocenters. The van der Waals surface area contributed by atoms with Crippen LogP contribution in [0.3, 0.4) is 0 Å². The van der Waals surface area contributed by atoms with Gasteiger partial charge in [0, 0.05) is 11.9 Å². The van der Waals surface area contributed by atoms with Gasteiger partial charge in [-0.15, -0.1) is 11.6 Å². The number of hydrogen-bond donors (Lipinski definition) is 1. The van der Waals surface area contributed by atoms with Crippen molar-refractivity contribution in [1.29, 1.82) is 0 Å². The summed E-state index contributed by atoms with van der Waals surface area (Å²) in [5, 5.41) is 3.40. The lowest BCUT2D eigenvalue weighted by Crippen LogP contribution is -2.32. The highest BCUT2D eigenvalue weighted by Crippen LogP contribution is 2.26. The Labute approximate surface area is 120 Å². The van der Waals surface area contributed by atoms with E-state index in [4.69, 9.17) is 11.6 Å². The normalized spacial score (nSPS) is 23.1. The molecular weight excluding hydrogens is 258 g/mol. The van der Waals surface area contributed by atoms with Crippen molar-refractivity contribution in [1.82, 2.24) is 5.32 Å². The summed E-state index contributed by atoms with van der Waals surface area (Å²) in [5.74, 6) is 0.732. The topological polar surface area (TPSA) is 29.1 Å². The van der Waals surface area contributed by atoms with Gasteiger partial charge in [0.1, 0.15) is 0 Å². The van der Waals surface area contributed by atoms with Crippen LogP contribution in [0.25, 0.3) is 0 Å². The number of amides is 1. The molecule has 1 fully saturated rings. The third-order valence-corrected chi connectivity index (χ3v) is 4.25. The number of nitrogens with one attached hydrogen (secondary N) is 1. The second-order valence-electron chi connectivity index (χ2n) is 5.59. The van der Waals surface area contributed by atoms with Crippen molar-refractivity contribution in [2.45, 2.75) is 44.4 Å². The van der Waals surface area contributed by atoms with Crippen molar-refractivity contribution >= 4 is 17.5 Å². The molecule has 1 aliphatic rings. The van der Waals surface area contributed by atoms with E-state index in [-0.39, 0.29) is 5.91 Å². The van der Waals surface area contributed by atoms with Crippen LogP contribution in [0.2, 0.25) is 0 Å². The van der Waals surface area contributed by atoms with Gasteiger partial charge in [0.05, 0.1) is 6.42 Å². The molecule has 104 valence electrons. The van der Waals surface area contributed by atoms with Crippen LogP contribution in [-0.2, 0) is 11.2 Å². The van der Waals surface area contributed by atoms with E-state index in [2.05, 4.69) is 11.4 Å². The number of carbonyl (C=O) groups excluding carboxylic acids is 1. The number of alkyl halides is 1. The molecule has 1 aromatic rings. The van der Waals surface area contributed by atoms with Crippen molar-refractivity contribution in [3.05, 3.63) is 35.4 Å². The Morgan fingerprint density at radius 1 is 1.32 bits per heavy atom. The molecule has 19 heavy (non-hydrogen) atoms. The summed E-state index contributed by atoms with van der Waals surface area (Å²) in [5.41, 5.74) is 2.28. The number of benzene rings is 1. The molecule has 0 bridgehead atoms. The minimum absolute atomic E-state index is 0.124. The fourth-order valence-electron chi connectivity index (χ4n) is 2.65. The van der Waals surface area contributed by atoms with Crippen LogP contribution in [0.4, 0.5) is 0 Å². The molecule has 3 heteroatoms. The molecule has 0 saturated heterocycles. The predicted octanol–water partition coefficient (Wildman–Crippen LogP) is 3.45. The maximum atomic E-state index is 11.9. The summed E-state index contributed by atoms with van der Waals surface area (Å²) in [4.78, 5) is 11.9. The van der Waals surface area contributed by atoms with E-state index in [1.54, 1.807) is 0 Å². The van der Waals surface area contributed by atoms with Gasteiger partial charge in [-0.1, -0.05) is 29.8 Å². The lowest BCUT2D eigenvalue weighted by Gasteiger charge is -2.25. The third-order valence-electron chi connectivity index (χ3n) is 3.81. The summed E-state index contributed by atoms with van der Waals surface area (Å²) in [7, 11) is 0. The van der Waals surface area contributed by atoms with Crippen LogP contribution in [0.1, 0.15) is 36.8 Å². The standard InChI is InChI=1S/C16H22ClNO/c1-12-3-2-4-14(9-12)10-16(19)18-11-13-5-7-15(17)8-6-13/h2-4,9,13,15H,5-8,10-11H2,1H3,(H,18,19). The van der Waals surface area contributed by atoms with Crippen LogP contribution in [0, 0.1) is 12.8 Å². The zero-order valence-electron chi connectivity index (χ0n) is 11.5. The van der Waals surface area contributed by atoms with Crippen LogP contribution in [0.15, 0.2) is 24.3 Å². The van der Waals surface area contributed by atoms with Gasteiger partial charge in [0.25, 0.3) is 0 Å². The number of hydrogen-bond acceptors (Lipinski definition) is 1. The van der Waals surface area contributed by atoms with E-state index < -0.39 is 0 Å². The maximum absolute atomic E-state index is 11.9. The maximum Gasteiger partial charge on any atom is 0.224 e. The lowest BCUT2D eigenvalue weighted by atomic mass is 9.89. The molecular formula is C16H22ClNO. The van der Waals surface area contributed by atoms with E-state index in [1.807, 2.05) is 25.1 Å². The van der Waals surface area contributed by atoms with Crippen molar-refractivity contribution in [3.63, 3.8) is 0 Å². The SMILES string of the molecule is Cc1cccc(CC(=O)NCC2CCC(Cl)CC2)c1. The fourth-order valence-corrected chi connectivity index (χ4v) is 2.91. The van der Waals surface area contributed by atoms with Crippen LogP contribution in [0.5, 0.6) is 0 Å². The molecule has 0 aromatic heterocycles. The smallest absolute Gasteiger partial charge is 0.224 e. The van der Waals surface area contributed by atoms with Crippen molar-refractivity contribution < 1.29 is 4.79 Å². The molecule has 0 unspecified atom stereocenters. The molecule has 0 spiro atoms. The van der Waals surface area contributed by atoms with E-state index >= 15 is 0 Å². The largest absolute Gasteiger partial charge is 0.356 e. The number of rotatable bonds is 4. The predicted molar refractivity (Wildman–Crippen MR) is 79.5 cm³/mol. The highest BCUT2D eigenvalue weighted by atomic mass is 35.5. The summed E-state index contributed by atoms with van der Waals surface area (Å²) < 4.78 is 0. The van der Waals surface area contributed by atoms with Crippen molar-refractivity contribution in [2.75, 3.05) is 6.54 Å². The van der Waals surface area contributed by atoms with Gasteiger partial charge in [-0.05, 0) is 44.1 Å². The van der Waals surface area contributed by atoms with Crippen LogP contribution in [-0.4, -0.2) is 17.8 Å². The number of aryl methyl sites for hydroxylation is 1. The van der Waals surface area contributed by atoms with Crippen molar-refractivity contribution in [3.8, 4) is 0 Å². The monoisotopic (exact) mass is 279 g/mol. The van der Waals surface area contributed by atoms with E-state index in [0.29, 0.717) is 17.7 Å².